The largest absolute Gasteiger partial charge is 0.319 e. The first kappa shape index (κ1) is 11.7. The van der Waals surface area contributed by atoms with Crippen molar-refractivity contribution in [1.29, 1.82) is 5.26 Å². The molecule has 78 valence electrons. The summed E-state index contributed by atoms with van der Waals surface area (Å²) < 4.78 is 24.7. The summed E-state index contributed by atoms with van der Waals surface area (Å²) in [4.78, 5) is 13.1. The highest BCUT2D eigenvalue weighted by molar-refractivity contribution is 14.1. The summed E-state index contributed by atoms with van der Waals surface area (Å²) in [6.07, 6.45) is -2.18. The third kappa shape index (κ3) is 2.17. The molecular weight excluding hydrogens is 323 g/mol. The zero-order valence-electron chi connectivity index (χ0n) is 6.95. The van der Waals surface area contributed by atoms with Gasteiger partial charge in [-0.1, -0.05) is 0 Å². The van der Waals surface area contributed by atoms with E-state index in [9.17, 15) is 18.9 Å². The van der Waals surface area contributed by atoms with Crippen LogP contribution in [0.3, 0.4) is 0 Å². The first-order valence-electron chi connectivity index (χ1n) is 3.50. The number of aromatic nitrogens is 1. The molecule has 0 aliphatic carbocycles. The first-order valence-corrected chi connectivity index (χ1v) is 4.58. The second-order valence-corrected chi connectivity index (χ2v) is 3.42. The molecule has 1 heterocycles. The predicted octanol–water partition coefficient (Wildman–Crippen LogP) is 2.40. The maximum Gasteiger partial charge on any atom is 0.319 e. The molecule has 1 aromatic heterocycles. The molecule has 0 atom stereocenters. The minimum atomic E-state index is -2.96. The van der Waals surface area contributed by atoms with Gasteiger partial charge in [-0.25, -0.2) is 13.8 Å². The van der Waals surface area contributed by atoms with Gasteiger partial charge in [0.15, 0.2) is 3.70 Å². The van der Waals surface area contributed by atoms with E-state index in [1.807, 2.05) is 0 Å². The van der Waals surface area contributed by atoms with E-state index >= 15 is 0 Å². The molecule has 0 unspecified atom stereocenters. The van der Waals surface area contributed by atoms with Gasteiger partial charge >= 0.3 is 5.69 Å². The Kier molecular flexibility index (Phi) is 3.46. The summed E-state index contributed by atoms with van der Waals surface area (Å²) in [7, 11) is 0. The lowest BCUT2D eigenvalue weighted by molar-refractivity contribution is -0.386. The number of alkyl halides is 2. The number of hydrogen-bond donors (Lipinski definition) is 0. The molecule has 0 bridgehead atoms. The Balaban J connectivity index is 3.56. The minimum absolute atomic E-state index is 0.0847. The Hall–Kier alpha value is -1.37. The summed E-state index contributed by atoms with van der Waals surface area (Å²) in [5, 5.41) is 19.1. The smallest absolute Gasteiger partial charge is 0.258 e. The molecule has 0 saturated carbocycles. The van der Waals surface area contributed by atoms with Crippen molar-refractivity contribution in [3.63, 3.8) is 0 Å². The maximum atomic E-state index is 12.4. The number of nitriles is 1. The molecule has 0 radical (unpaired) electrons. The van der Waals surface area contributed by atoms with Crippen LogP contribution in [0.4, 0.5) is 14.5 Å². The van der Waals surface area contributed by atoms with Crippen LogP contribution in [-0.4, -0.2) is 9.91 Å². The summed E-state index contributed by atoms with van der Waals surface area (Å²) in [6, 6.07) is 1.40. The molecule has 15 heavy (non-hydrogen) atoms. The minimum Gasteiger partial charge on any atom is -0.258 e. The molecule has 1 rings (SSSR count). The number of hydrogen-bond acceptors (Lipinski definition) is 4. The molecule has 1 aromatic rings. The SMILES string of the molecule is N#Cc1c(C(F)F)cnc(I)c1[N+](=O)[O-]. The number of nitro groups is 1. The van der Waals surface area contributed by atoms with Gasteiger partial charge in [0.1, 0.15) is 11.6 Å². The van der Waals surface area contributed by atoms with Crippen molar-refractivity contribution in [3.05, 3.63) is 31.1 Å². The van der Waals surface area contributed by atoms with Gasteiger partial charge in [0.25, 0.3) is 6.43 Å². The lowest BCUT2D eigenvalue weighted by Gasteiger charge is -2.03. The van der Waals surface area contributed by atoms with Gasteiger partial charge in [-0.3, -0.25) is 10.1 Å². The van der Waals surface area contributed by atoms with Gasteiger partial charge in [0.2, 0.25) is 0 Å². The molecule has 0 amide bonds. The molecule has 0 N–H and O–H groups in total. The molecule has 5 nitrogen and oxygen atoms in total. The lowest BCUT2D eigenvalue weighted by Crippen LogP contribution is -2.02. The monoisotopic (exact) mass is 325 g/mol. The van der Waals surface area contributed by atoms with E-state index in [4.69, 9.17) is 5.26 Å². The van der Waals surface area contributed by atoms with Crippen molar-refractivity contribution >= 4 is 28.3 Å². The number of halogens is 3. The third-order valence-electron chi connectivity index (χ3n) is 1.57. The van der Waals surface area contributed by atoms with E-state index in [0.29, 0.717) is 0 Å². The van der Waals surface area contributed by atoms with Crippen molar-refractivity contribution in [2.24, 2.45) is 0 Å². The van der Waals surface area contributed by atoms with Gasteiger partial charge in [-0.2, -0.15) is 5.26 Å². The van der Waals surface area contributed by atoms with Crippen LogP contribution in [0.2, 0.25) is 0 Å². The van der Waals surface area contributed by atoms with Crippen LogP contribution < -0.4 is 0 Å². The Morgan fingerprint density at radius 2 is 2.27 bits per heavy atom. The van der Waals surface area contributed by atoms with Crippen LogP contribution in [0, 0.1) is 25.1 Å². The lowest BCUT2D eigenvalue weighted by atomic mass is 10.1. The van der Waals surface area contributed by atoms with E-state index in [1.54, 1.807) is 0 Å². The van der Waals surface area contributed by atoms with Crippen molar-refractivity contribution in [2.45, 2.75) is 6.43 Å². The molecule has 0 aromatic carbocycles. The predicted molar refractivity (Wildman–Crippen MR) is 53.3 cm³/mol. The van der Waals surface area contributed by atoms with E-state index in [1.165, 1.54) is 28.7 Å². The van der Waals surface area contributed by atoms with Crippen LogP contribution >= 0.6 is 22.6 Å². The Bertz CT molecular complexity index is 458. The molecule has 0 aliphatic rings. The zero-order valence-corrected chi connectivity index (χ0v) is 9.10. The number of rotatable bonds is 2. The highest BCUT2D eigenvalue weighted by Gasteiger charge is 2.26. The average molecular weight is 325 g/mol. The summed E-state index contributed by atoms with van der Waals surface area (Å²) >= 11 is 1.52. The van der Waals surface area contributed by atoms with E-state index < -0.39 is 28.2 Å². The van der Waals surface area contributed by atoms with Gasteiger partial charge in [0.05, 0.1) is 10.5 Å². The standard InChI is InChI=1S/C7H2F2IN3O2/c8-6(9)4-2-12-7(10)5(13(14)15)3(4)1-11/h2,6H. The van der Waals surface area contributed by atoms with Gasteiger partial charge < -0.3 is 0 Å². The van der Waals surface area contributed by atoms with Crippen LogP contribution in [0.1, 0.15) is 17.6 Å². The van der Waals surface area contributed by atoms with Crippen LogP contribution in [-0.2, 0) is 0 Å². The van der Waals surface area contributed by atoms with Crippen LogP contribution in [0.15, 0.2) is 6.20 Å². The van der Waals surface area contributed by atoms with E-state index in [0.717, 1.165) is 6.20 Å². The summed E-state index contributed by atoms with van der Waals surface area (Å²) in [6.45, 7) is 0. The van der Waals surface area contributed by atoms with Crippen molar-refractivity contribution < 1.29 is 13.7 Å². The topological polar surface area (TPSA) is 79.8 Å². The van der Waals surface area contributed by atoms with Gasteiger partial charge in [0, 0.05) is 6.20 Å². The number of nitrogens with zero attached hydrogens (tertiary/aromatic N) is 3. The first-order chi connectivity index (χ1) is 6.99. The third-order valence-corrected chi connectivity index (χ3v) is 2.36. The van der Waals surface area contributed by atoms with Crippen molar-refractivity contribution in [3.8, 4) is 6.07 Å². The summed E-state index contributed by atoms with van der Waals surface area (Å²) in [5.41, 5.74) is -2.02. The fourth-order valence-electron chi connectivity index (χ4n) is 0.941. The maximum absolute atomic E-state index is 12.4. The van der Waals surface area contributed by atoms with Crippen molar-refractivity contribution in [2.75, 3.05) is 0 Å². The fourth-order valence-corrected chi connectivity index (χ4v) is 1.55. The molecule has 8 heteroatoms. The second-order valence-electron chi connectivity index (χ2n) is 2.40. The van der Waals surface area contributed by atoms with E-state index in [2.05, 4.69) is 4.98 Å². The Morgan fingerprint density at radius 1 is 1.67 bits per heavy atom. The van der Waals surface area contributed by atoms with Crippen LogP contribution in [0.5, 0.6) is 0 Å². The molecule has 0 spiro atoms. The highest BCUT2D eigenvalue weighted by atomic mass is 127. The van der Waals surface area contributed by atoms with Crippen LogP contribution in [0.25, 0.3) is 0 Å². The summed E-state index contributed by atoms with van der Waals surface area (Å²) in [5.74, 6) is 0. The quantitative estimate of drug-likeness (QED) is 0.362. The van der Waals surface area contributed by atoms with E-state index in [-0.39, 0.29) is 3.70 Å². The molecular formula is C7H2F2IN3O2. The Labute approximate surface area is 96.0 Å². The number of pyridine rings is 1. The van der Waals surface area contributed by atoms with Gasteiger partial charge in [-0.15, -0.1) is 0 Å². The Morgan fingerprint density at radius 3 is 2.67 bits per heavy atom. The average Bonchev–Trinajstić information content (AvgIpc) is 2.15. The fraction of sp³-hybridized carbons (Fsp3) is 0.143. The molecule has 0 aliphatic heterocycles. The molecule has 0 saturated heterocycles. The normalized spacial score (nSPS) is 10.1. The second kappa shape index (κ2) is 4.43. The van der Waals surface area contributed by atoms with Crippen molar-refractivity contribution in [1.82, 2.24) is 4.98 Å². The zero-order chi connectivity index (χ0) is 11.6. The highest BCUT2D eigenvalue weighted by Crippen LogP contribution is 2.31. The van der Waals surface area contributed by atoms with Gasteiger partial charge in [-0.05, 0) is 22.6 Å². The molecule has 0 fully saturated rings.